The summed E-state index contributed by atoms with van der Waals surface area (Å²) in [5.74, 6) is -0.602. The maximum absolute atomic E-state index is 13.4. The highest BCUT2D eigenvalue weighted by Crippen LogP contribution is 2.28. The van der Waals surface area contributed by atoms with E-state index in [4.69, 9.17) is 0 Å². The fourth-order valence-corrected chi connectivity index (χ4v) is 3.59. The fourth-order valence-electron chi connectivity index (χ4n) is 2.53. The molecule has 1 amide bonds. The van der Waals surface area contributed by atoms with Gasteiger partial charge in [-0.25, -0.2) is 9.37 Å². The third-order valence-corrected chi connectivity index (χ3v) is 5.21. The highest BCUT2D eigenvalue weighted by atomic mass is 32.1. The van der Waals surface area contributed by atoms with Crippen LogP contribution in [0.25, 0.3) is 10.6 Å². The predicted octanol–water partition coefficient (Wildman–Crippen LogP) is 4.14. The number of amides is 1. The van der Waals surface area contributed by atoms with Crippen molar-refractivity contribution in [2.24, 2.45) is 0 Å². The Morgan fingerprint density at radius 2 is 2.00 bits per heavy atom. The molecule has 27 heavy (non-hydrogen) atoms. The van der Waals surface area contributed by atoms with E-state index in [1.165, 1.54) is 47.7 Å². The van der Waals surface area contributed by atoms with Gasteiger partial charge < -0.3 is 5.32 Å². The molecule has 1 aromatic heterocycles. The van der Waals surface area contributed by atoms with E-state index in [1.807, 2.05) is 13.0 Å². The molecule has 0 spiro atoms. The molecule has 0 aliphatic carbocycles. The number of rotatable bonds is 6. The molecular formula is C19H16FN3O3S. The standard InChI is InChI=1S/C19H16FN3O3S/c1-12-17(27-19(22-12)14-3-2-4-15(20)11-14)9-10-21-18(24)13-5-7-16(8-6-13)23(25)26/h2-8,11H,9-10H2,1H3,(H,21,24). The molecular weight excluding hydrogens is 369 g/mol. The minimum Gasteiger partial charge on any atom is -0.352 e. The summed E-state index contributed by atoms with van der Waals surface area (Å²) in [6, 6.07) is 11.7. The number of benzene rings is 2. The van der Waals surface area contributed by atoms with Gasteiger partial charge in [0.05, 0.1) is 10.6 Å². The van der Waals surface area contributed by atoms with Gasteiger partial charge in [0.25, 0.3) is 11.6 Å². The van der Waals surface area contributed by atoms with Gasteiger partial charge in [0.2, 0.25) is 0 Å². The number of nitrogens with one attached hydrogen (secondary N) is 1. The lowest BCUT2D eigenvalue weighted by Gasteiger charge is -2.04. The second kappa shape index (κ2) is 8.05. The van der Waals surface area contributed by atoms with Gasteiger partial charge in [-0.15, -0.1) is 11.3 Å². The molecule has 0 atom stereocenters. The second-order valence-electron chi connectivity index (χ2n) is 5.85. The van der Waals surface area contributed by atoms with Gasteiger partial charge in [-0.3, -0.25) is 14.9 Å². The van der Waals surface area contributed by atoms with Gasteiger partial charge in [0, 0.05) is 41.1 Å². The first-order valence-electron chi connectivity index (χ1n) is 8.19. The number of carbonyl (C=O) groups excluding carboxylic acids is 1. The molecule has 0 bridgehead atoms. The van der Waals surface area contributed by atoms with Crippen LogP contribution < -0.4 is 5.32 Å². The first kappa shape index (κ1) is 18.7. The number of nitro benzene ring substituents is 1. The number of nitrogens with zero attached hydrogens (tertiary/aromatic N) is 2. The smallest absolute Gasteiger partial charge is 0.269 e. The molecule has 3 aromatic rings. The summed E-state index contributed by atoms with van der Waals surface area (Å²) in [7, 11) is 0. The van der Waals surface area contributed by atoms with Gasteiger partial charge in [0.1, 0.15) is 10.8 Å². The van der Waals surface area contributed by atoms with Crippen LogP contribution in [0.1, 0.15) is 20.9 Å². The van der Waals surface area contributed by atoms with Crippen LogP contribution in [0.2, 0.25) is 0 Å². The summed E-state index contributed by atoms with van der Waals surface area (Å²) >= 11 is 1.47. The van der Waals surface area contributed by atoms with Gasteiger partial charge in [-0.1, -0.05) is 12.1 Å². The Labute approximate surface area is 158 Å². The molecule has 0 unspecified atom stereocenters. The zero-order valence-corrected chi connectivity index (χ0v) is 15.3. The van der Waals surface area contributed by atoms with Crippen LogP contribution in [0.4, 0.5) is 10.1 Å². The number of thiazole rings is 1. The van der Waals surface area contributed by atoms with E-state index in [1.54, 1.807) is 6.07 Å². The van der Waals surface area contributed by atoms with Crippen LogP contribution in [0, 0.1) is 22.9 Å². The number of aromatic nitrogens is 1. The quantitative estimate of drug-likeness (QED) is 0.510. The number of non-ortho nitro benzene ring substituents is 1. The number of carbonyl (C=O) groups is 1. The Kier molecular flexibility index (Phi) is 5.56. The first-order chi connectivity index (χ1) is 12.9. The van der Waals surface area contributed by atoms with Crippen molar-refractivity contribution < 1.29 is 14.1 Å². The van der Waals surface area contributed by atoms with Crippen molar-refractivity contribution in [3.8, 4) is 10.6 Å². The molecule has 0 aliphatic heterocycles. The zero-order valence-electron chi connectivity index (χ0n) is 14.4. The second-order valence-corrected chi connectivity index (χ2v) is 6.93. The highest BCUT2D eigenvalue weighted by Gasteiger charge is 2.12. The molecule has 0 saturated carbocycles. The number of halogens is 1. The largest absolute Gasteiger partial charge is 0.352 e. The van der Waals surface area contributed by atoms with E-state index in [0.29, 0.717) is 18.5 Å². The summed E-state index contributed by atoms with van der Waals surface area (Å²) in [5.41, 5.74) is 1.88. The van der Waals surface area contributed by atoms with Crippen LogP contribution in [0.3, 0.4) is 0 Å². The molecule has 0 fully saturated rings. The Morgan fingerprint density at radius 3 is 2.67 bits per heavy atom. The SMILES string of the molecule is Cc1nc(-c2cccc(F)c2)sc1CCNC(=O)c1ccc([N+](=O)[O-])cc1. The Hall–Kier alpha value is -3.13. The van der Waals surface area contributed by atoms with Crippen molar-refractivity contribution in [3.05, 3.63) is 80.6 Å². The lowest BCUT2D eigenvalue weighted by atomic mass is 10.2. The van der Waals surface area contributed by atoms with E-state index in [2.05, 4.69) is 10.3 Å². The van der Waals surface area contributed by atoms with Gasteiger partial charge in [-0.05, 0) is 31.2 Å². The lowest BCUT2D eigenvalue weighted by molar-refractivity contribution is -0.384. The van der Waals surface area contributed by atoms with Gasteiger partial charge in [0.15, 0.2) is 0 Å². The Bertz CT molecular complexity index is 986. The Balaban J connectivity index is 1.60. The molecule has 2 aromatic carbocycles. The molecule has 6 nitrogen and oxygen atoms in total. The minimum atomic E-state index is -0.509. The zero-order chi connectivity index (χ0) is 19.4. The Morgan fingerprint density at radius 1 is 1.26 bits per heavy atom. The summed E-state index contributed by atoms with van der Waals surface area (Å²) in [6.45, 7) is 2.29. The van der Waals surface area contributed by atoms with E-state index in [9.17, 15) is 19.3 Å². The number of aryl methyl sites for hydroxylation is 1. The van der Waals surface area contributed by atoms with Crippen molar-refractivity contribution in [2.45, 2.75) is 13.3 Å². The number of hydrogen-bond acceptors (Lipinski definition) is 5. The molecule has 3 rings (SSSR count). The molecule has 1 heterocycles. The van der Waals surface area contributed by atoms with E-state index in [0.717, 1.165) is 21.1 Å². The summed E-state index contributed by atoms with van der Waals surface area (Å²) < 4.78 is 13.4. The molecule has 1 N–H and O–H groups in total. The highest BCUT2D eigenvalue weighted by molar-refractivity contribution is 7.15. The molecule has 0 radical (unpaired) electrons. The van der Waals surface area contributed by atoms with E-state index in [-0.39, 0.29) is 17.4 Å². The topological polar surface area (TPSA) is 85.1 Å². The minimum absolute atomic E-state index is 0.0586. The van der Waals surface area contributed by atoms with Gasteiger partial charge in [-0.2, -0.15) is 0 Å². The average molecular weight is 385 g/mol. The molecule has 0 saturated heterocycles. The normalized spacial score (nSPS) is 10.6. The monoisotopic (exact) mass is 385 g/mol. The van der Waals surface area contributed by atoms with Crippen LogP contribution in [-0.4, -0.2) is 22.4 Å². The molecule has 138 valence electrons. The van der Waals surface area contributed by atoms with E-state index < -0.39 is 4.92 Å². The van der Waals surface area contributed by atoms with Crippen LogP contribution >= 0.6 is 11.3 Å². The predicted molar refractivity (Wildman–Crippen MR) is 101 cm³/mol. The maximum atomic E-state index is 13.4. The lowest BCUT2D eigenvalue weighted by Crippen LogP contribution is -2.25. The van der Waals surface area contributed by atoms with Crippen molar-refractivity contribution in [3.63, 3.8) is 0 Å². The van der Waals surface area contributed by atoms with Crippen molar-refractivity contribution in [2.75, 3.05) is 6.54 Å². The fraction of sp³-hybridized carbons (Fsp3) is 0.158. The van der Waals surface area contributed by atoms with E-state index >= 15 is 0 Å². The third-order valence-electron chi connectivity index (χ3n) is 3.94. The van der Waals surface area contributed by atoms with Crippen LogP contribution in [-0.2, 0) is 6.42 Å². The summed E-state index contributed by atoms with van der Waals surface area (Å²) in [6.07, 6.45) is 0.595. The van der Waals surface area contributed by atoms with Crippen LogP contribution in [0.15, 0.2) is 48.5 Å². The molecule has 8 heteroatoms. The van der Waals surface area contributed by atoms with Crippen molar-refractivity contribution in [1.82, 2.24) is 10.3 Å². The van der Waals surface area contributed by atoms with Gasteiger partial charge >= 0.3 is 0 Å². The van der Waals surface area contributed by atoms with Crippen LogP contribution in [0.5, 0.6) is 0 Å². The third kappa shape index (κ3) is 4.53. The first-order valence-corrected chi connectivity index (χ1v) is 9.00. The maximum Gasteiger partial charge on any atom is 0.269 e. The average Bonchev–Trinajstić information content (AvgIpc) is 3.02. The summed E-state index contributed by atoms with van der Waals surface area (Å²) in [5, 5.41) is 14.2. The van der Waals surface area contributed by atoms with Crippen molar-refractivity contribution >= 4 is 22.9 Å². The number of nitro groups is 1. The summed E-state index contributed by atoms with van der Waals surface area (Å²) in [4.78, 5) is 27.8. The van der Waals surface area contributed by atoms with Crippen molar-refractivity contribution in [1.29, 1.82) is 0 Å². The molecule has 0 aliphatic rings. The number of hydrogen-bond donors (Lipinski definition) is 1.